The van der Waals surface area contributed by atoms with Gasteiger partial charge in [0.2, 0.25) is 0 Å². The van der Waals surface area contributed by atoms with Gasteiger partial charge in [0, 0.05) is 12.6 Å². The molecule has 1 unspecified atom stereocenters. The van der Waals surface area contributed by atoms with Gasteiger partial charge in [0.15, 0.2) is 0 Å². The van der Waals surface area contributed by atoms with E-state index in [0.29, 0.717) is 12.5 Å². The zero-order chi connectivity index (χ0) is 14.4. The SMILES string of the molecule is CC(C)C(O)CCNC(=O)Nc1ccc(F)cc1F. The normalized spacial score (nSPS) is 12.3. The van der Waals surface area contributed by atoms with Gasteiger partial charge in [0.1, 0.15) is 11.6 Å². The van der Waals surface area contributed by atoms with Crippen molar-refractivity contribution in [2.75, 3.05) is 11.9 Å². The Morgan fingerprint density at radius 3 is 2.63 bits per heavy atom. The highest BCUT2D eigenvalue weighted by Gasteiger charge is 2.10. The summed E-state index contributed by atoms with van der Waals surface area (Å²) in [6.07, 6.45) is -0.0837. The molecule has 0 saturated heterocycles. The van der Waals surface area contributed by atoms with E-state index in [9.17, 15) is 18.7 Å². The molecule has 3 N–H and O–H groups in total. The van der Waals surface area contributed by atoms with E-state index in [0.717, 1.165) is 12.1 Å². The van der Waals surface area contributed by atoms with Gasteiger partial charge in [-0.1, -0.05) is 13.8 Å². The number of anilines is 1. The fourth-order valence-electron chi connectivity index (χ4n) is 1.42. The van der Waals surface area contributed by atoms with Gasteiger partial charge in [-0.25, -0.2) is 13.6 Å². The van der Waals surface area contributed by atoms with Crippen molar-refractivity contribution in [1.29, 1.82) is 0 Å². The van der Waals surface area contributed by atoms with Crippen LogP contribution in [-0.2, 0) is 0 Å². The third-order valence-electron chi connectivity index (χ3n) is 2.67. The van der Waals surface area contributed by atoms with Gasteiger partial charge >= 0.3 is 6.03 Å². The molecule has 0 bridgehead atoms. The van der Waals surface area contributed by atoms with Crippen LogP contribution in [0.5, 0.6) is 0 Å². The molecular weight excluding hydrogens is 254 g/mol. The van der Waals surface area contributed by atoms with Gasteiger partial charge in [-0.3, -0.25) is 0 Å². The number of carbonyl (C=O) groups excluding carboxylic acids is 1. The summed E-state index contributed by atoms with van der Waals surface area (Å²) in [5.74, 6) is -1.43. The summed E-state index contributed by atoms with van der Waals surface area (Å²) in [7, 11) is 0. The molecule has 0 aliphatic carbocycles. The zero-order valence-corrected chi connectivity index (χ0v) is 10.9. The molecule has 0 aliphatic heterocycles. The average molecular weight is 272 g/mol. The lowest BCUT2D eigenvalue weighted by Gasteiger charge is -2.14. The molecule has 4 nitrogen and oxygen atoms in total. The molecule has 0 heterocycles. The van der Waals surface area contributed by atoms with Crippen LogP contribution in [0, 0.1) is 17.6 Å². The van der Waals surface area contributed by atoms with E-state index in [2.05, 4.69) is 10.6 Å². The summed E-state index contributed by atoms with van der Waals surface area (Å²) < 4.78 is 25.9. The Labute approximate surface area is 110 Å². The molecule has 0 aliphatic rings. The Bertz CT molecular complexity index is 439. The van der Waals surface area contributed by atoms with Gasteiger partial charge in [-0.05, 0) is 24.5 Å². The lowest BCUT2D eigenvalue weighted by atomic mass is 10.0. The minimum atomic E-state index is -0.836. The molecule has 0 fully saturated rings. The number of hydrogen-bond donors (Lipinski definition) is 3. The molecule has 0 aromatic heterocycles. The maximum absolute atomic E-state index is 13.2. The summed E-state index contributed by atoms with van der Waals surface area (Å²) in [6, 6.07) is 2.30. The summed E-state index contributed by atoms with van der Waals surface area (Å²) in [4.78, 5) is 11.4. The topological polar surface area (TPSA) is 61.4 Å². The summed E-state index contributed by atoms with van der Waals surface area (Å²) in [5.41, 5.74) is -0.0942. The van der Waals surface area contributed by atoms with Crippen LogP contribution in [0.1, 0.15) is 20.3 Å². The minimum Gasteiger partial charge on any atom is -0.393 e. The van der Waals surface area contributed by atoms with E-state index in [1.165, 1.54) is 0 Å². The van der Waals surface area contributed by atoms with Crippen LogP contribution in [0.3, 0.4) is 0 Å². The first-order valence-electron chi connectivity index (χ1n) is 6.08. The van der Waals surface area contributed by atoms with Crippen LogP contribution in [0.2, 0.25) is 0 Å². The molecule has 1 aromatic rings. The quantitative estimate of drug-likeness (QED) is 0.771. The van der Waals surface area contributed by atoms with E-state index in [-0.39, 0.29) is 18.2 Å². The summed E-state index contributed by atoms with van der Waals surface area (Å²) >= 11 is 0. The van der Waals surface area contributed by atoms with Gasteiger partial charge in [0.05, 0.1) is 11.8 Å². The van der Waals surface area contributed by atoms with Crippen molar-refractivity contribution in [2.45, 2.75) is 26.4 Å². The second-order valence-corrected chi connectivity index (χ2v) is 4.61. The Morgan fingerprint density at radius 1 is 1.37 bits per heavy atom. The van der Waals surface area contributed by atoms with E-state index in [1.807, 2.05) is 13.8 Å². The average Bonchev–Trinajstić information content (AvgIpc) is 2.32. The maximum atomic E-state index is 13.2. The molecule has 1 atom stereocenters. The number of urea groups is 1. The third-order valence-corrected chi connectivity index (χ3v) is 2.67. The number of rotatable bonds is 5. The van der Waals surface area contributed by atoms with Gasteiger partial charge in [-0.15, -0.1) is 0 Å². The number of amides is 2. The zero-order valence-electron chi connectivity index (χ0n) is 10.9. The lowest BCUT2D eigenvalue weighted by molar-refractivity contribution is 0.117. The highest BCUT2D eigenvalue weighted by Crippen LogP contribution is 2.14. The van der Waals surface area contributed by atoms with Crippen LogP contribution < -0.4 is 10.6 Å². The second kappa shape index (κ2) is 7.04. The maximum Gasteiger partial charge on any atom is 0.319 e. The number of carbonyl (C=O) groups is 1. The van der Waals surface area contributed by atoms with E-state index in [4.69, 9.17) is 0 Å². The number of hydrogen-bond acceptors (Lipinski definition) is 2. The highest BCUT2D eigenvalue weighted by molar-refractivity contribution is 5.89. The molecule has 0 spiro atoms. The smallest absolute Gasteiger partial charge is 0.319 e. The number of halogens is 2. The standard InChI is InChI=1S/C13H18F2N2O2/c1-8(2)12(18)5-6-16-13(19)17-11-4-3-9(14)7-10(11)15/h3-4,7-8,12,18H,5-6H2,1-2H3,(H2,16,17,19). The highest BCUT2D eigenvalue weighted by atomic mass is 19.1. The number of nitrogens with one attached hydrogen (secondary N) is 2. The molecule has 1 rings (SSSR count). The molecule has 2 amide bonds. The predicted octanol–water partition coefficient (Wildman–Crippen LogP) is 2.49. The molecule has 6 heteroatoms. The predicted molar refractivity (Wildman–Crippen MR) is 68.8 cm³/mol. The van der Waals surface area contributed by atoms with E-state index in [1.54, 1.807) is 0 Å². The Kier molecular flexibility index (Phi) is 5.69. The molecule has 1 aromatic carbocycles. The van der Waals surface area contributed by atoms with Crippen molar-refractivity contribution in [3.8, 4) is 0 Å². The van der Waals surface area contributed by atoms with E-state index >= 15 is 0 Å². The van der Waals surface area contributed by atoms with Crippen LogP contribution >= 0.6 is 0 Å². The van der Waals surface area contributed by atoms with Crippen molar-refractivity contribution in [3.05, 3.63) is 29.8 Å². The molecule has 19 heavy (non-hydrogen) atoms. The van der Waals surface area contributed by atoms with Crippen LogP contribution in [0.25, 0.3) is 0 Å². The van der Waals surface area contributed by atoms with Crippen molar-refractivity contribution < 1.29 is 18.7 Å². The fourth-order valence-corrected chi connectivity index (χ4v) is 1.42. The van der Waals surface area contributed by atoms with Gasteiger partial charge in [0.25, 0.3) is 0 Å². The van der Waals surface area contributed by atoms with Crippen LogP contribution in [0.15, 0.2) is 18.2 Å². The first kappa shape index (κ1) is 15.4. The number of aliphatic hydroxyl groups is 1. The first-order chi connectivity index (χ1) is 8.90. The van der Waals surface area contributed by atoms with Crippen molar-refractivity contribution >= 4 is 11.7 Å². The van der Waals surface area contributed by atoms with Gasteiger partial charge in [-0.2, -0.15) is 0 Å². The molecule has 0 saturated carbocycles. The molecule has 106 valence electrons. The minimum absolute atomic E-state index is 0.0942. The van der Waals surface area contributed by atoms with E-state index < -0.39 is 23.8 Å². The van der Waals surface area contributed by atoms with Gasteiger partial charge < -0.3 is 15.7 Å². The van der Waals surface area contributed by atoms with Crippen molar-refractivity contribution in [1.82, 2.24) is 5.32 Å². The second-order valence-electron chi connectivity index (χ2n) is 4.61. The largest absolute Gasteiger partial charge is 0.393 e. The molecule has 0 radical (unpaired) electrons. The fraction of sp³-hybridized carbons (Fsp3) is 0.462. The number of aliphatic hydroxyl groups excluding tert-OH is 1. The van der Waals surface area contributed by atoms with Crippen molar-refractivity contribution in [3.63, 3.8) is 0 Å². The monoisotopic (exact) mass is 272 g/mol. The first-order valence-corrected chi connectivity index (χ1v) is 6.08. The van der Waals surface area contributed by atoms with Crippen LogP contribution in [0.4, 0.5) is 19.3 Å². The van der Waals surface area contributed by atoms with Crippen molar-refractivity contribution in [2.24, 2.45) is 5.92 Å². The summed E-state index contributed by atoms with van der Waals surface area (Å²) in [6.45, 7) is 4.02. The Morgan fingerprint density at radius 2 is 2.05 bits per heavy atom. The Balaban J connectivity index is 2.39. The Hall–Kier alpha value is -1.69. The lowest BCUT2D eigenvalue weighted by Crippen LogP contribution is -2.32. The molecular formula is C13H18F2N2O2. The third kappa shape index (κ3) is 5.21. The number of benzene rings is 1. The summed E-state index contributed by atoms with van der Waals surface area (Å²) in [5, 5.41) is 14.3. The van der Waals surface area contributed by atoms with Crippen LogP contribution in [-0.4, -0.2) is 23.8 Å².